The van der Waals surface area contributed by atoms with Crippen molar-refractivity contribution in [3.8, 4) is 0 Å². The number of piperidine rings is 1. The van der Waals surface area contributed by atoms with Crippen molar-refractivity contribution >= 4 is 17.7 Å². The SMILES string of the molecule is O=C(O)C1C=CC=CC1(O)SC1CCNCC1. The minimum atomic E-state index is -1.30. The van der Waals surface area contributed by atoms with Crippen molar-refractivity contribution < 1.29 is 15.0 Å². The van der Waals surface area contributed by atoms with E-state index in [2.05, 4.69) is 5.32 Å². The first-order valence-electron chi connectivity index (χ1n) is 5.81. The number of hydrogen-bond acceptors (Lipinski definition) is 4. The maximum absolute atomic E-state index is 11.1. The summed E-state index contributed by atoms with van der Waals surface area (Å²) in [6, 6.07) is 0. The third kappa shape index (κ3) is 2.91. The Morgan fingerprint density at radius 3 is 2.71 bits per heavy atom. The van der Waals surface area contributed by atoms with Gasteiger partial charge in [0.05, 0.1) is 0 Å². The van der Waals surface area contributed by atoms with Crippen LogP contribution in [-0.4, -0.2) is 39.5 Å². The Hall–Kier alpha value is -0.780. The summed E-state index contributed by atoms with van der Waals surface area (Å²) in [5.74, 6) is -1.83. The highest BCUT2D eigenvalue weighted by molar-refractivity contribution is 8.01. The molecule has 0 radical (unpaired) electrons. The molecule has 2 rings (SSSR count). The van der Waals surface area contributed by atoms with Crippen LogP contribution in [0, 0.1) is 5.92 Å². The number of carboxylic acids is 1. The van der Waals surface area contributed by atoms with Gasteiger partial charge in [-0.1, -0.05) is 18.2 Å². The average molecular weight is 255 g/mol. The zero-order valence-corrected chi connectivity index (χ0v) is 10.3. The lowest BCUT2D eigenvalue weighted by atomic mass is 9.97. The summed E-state index contributed by atoms with van der Waals surface area (Å²) in [6.07, 6.45) is 8.48. The second kappa shape index (κ2) is 5.25. The lowest BCUT2D eigenvalue weighted by molar-refractivity contribution is -0.143. The minimum Gasteiger partial charge on any atom is -0.481 e. The molecule has 1 aliphatic heterocycles. The van der Waals surface area contributed by atoms with Crippen molar-refractivity contribution in [2.75, 3.05) is 13.1 Å². The molecule has 4 nitrogen and oxygen atoms in total. The number of nitrogens with one attached hydrogen (secondary N) is 1. The first-order valence-corrected chi connectivity index (χ1v) is 6.69. The predicted octanol–water partition coefficient (Wildman–Crippen LogP) is 0.987. The van der Waals surface area contributed by atoms with E-state index >= 15 is 0 Å². The Morgan fingerprint density at radius 2 is 2.06 bits per heavy atom. The number of carboxylic acid groups (broad SMARTS) is 1. The van der Waals surface area contributed by atoms with Gasteiger partial charge in [0, 0.05) is 5.25 Å². The van der Waals surface area contributed by atoms with Gasteiger partial charge in [-0.15, -0.1) is 11.8 Å². The average Bonchev–Trinajstić information content (AvgIpc) is 2.30. The molecule has 0 aromatic carbocycles. The van der Waals surface area contributed by atoms with E-state index in [1.165, 1.54) is 11.8 Å². The minimum absolute atomic E-state index is 0.319. The van der Waals surface area contributed by atoms with Gasteiger partial charge in [-0.25, -0.2) is 0 Å². The van der Waals surface area contributed by atoms with E-state index in [1.807, 2.05) is 0 Å². The smallest absolute Gasteiger partial charge is 0.314 e. The summed E-state index contributed by atoms with van der Waals surface area (Å²) in [5.41, 5.74) is 0. The highest BCUT2D eigenvalue weighted by Crippen LogP contribution is 2.40. The molecule has 2 aliphatic rings. The van der Waals surface area contributed by atoms with Gasteiger partial charge in [-0.2, -0.15) is 0 Å². The topological polar surface area (TPSA) is 69.6 Å². The number of thioether (sulfide) groups is 1. The maximum Gasteiger partial charge on any atom is 0.314 e. The van der Waals surface area contributed by atoms with Crippen molar-refractivity contribution in [1.82, 2.24) is 5.32 Å². The van der Waals surface area contributed by atoms with Crippen molar-refractivity contribution in [2.45, 2.75) is 23.0 Å². The Balaban J connectivity index is 2.07. The predicted molar refractivity (Wildman–Crippen MR) is 67.8 cm³/mol. The summed E-state index contributed by atoms with van der Waals surface area (Å²) in [7, 11) is 0. The summed E-state index contributed by atoms with van der Waals surface area (Å²) < 4.78 is 0. The van der Waals surface area contributed by atoms with Crippen LogP contribution in [0.25, 0.3) is 0 Å². The van der Waals surface area contributed by atoms with E-state index in [-0.39, 0.29) is 0 Å². The number of hydrogen-bond donors (Lipinski definition) is 3. The fourth-order valence-electron chi connectivity index (χ4n) is 2.16. The molecule has 1 heterocycles. The van der Waals surface area contributed by atoms with Gasteiger partial charge in [0.1, 0.15) is 10.9 Å². The Kier molecular flexibility index (Phi) is 3.91. The number of allylic oxidation sites excluding steroid dienone is 2. The molecule has 0 bridgehead atoms. The van der Waals surface area contributed by atoms with Crippen LogP contribution >= 0.6 is 11.8 Å². The number of aliphatic hydroxyl groups is 1. The molecule has 1 saturated heterocycles. The highest BCUT2D eigenvalue weighted by Gasteiger charge is 2.41. The molecule has 1 aliphatic carbocycles. The van der Waals surface area contributed by atoms with E-state index < -0.39 is 16.8 Å². The quantitative estimate of drug-likeness (QED) is 0.656. The molecule has 0 aromatic heterocycles. The molecular formula is C12H17NO3S. The third-order valence-corrected chi connectivity index (χ3v) is 4.68. The lowest BCUT2D eigenvalue weighted by Crippen LogP contribution is -2.41. The zero-order valence-electron chi connectivity index (χ0n) is 9.50. The normalized spacial score (nSPS) is 33.8. The molecule has 94 valence electrons. The van der Waals surface area contributed by atoms with Crippen molar-refractivity contribution in [3.63, 3.8) is 0 Å². The van der Waals surface area contributed by atoms with Crippen LogP contribution in [0.15, 0.2) is 24.3 Å². The Labute approximate surface area is 105 Å². The van der Waals surface area contributed by atoms with Crippen LogP contribution in [0.4, 0.5) is 0 Å². The lowest BCUT2D eigenvalue weighted by Gasteiger charge is -2.35. The summed E-state index contributed by atoms with van der Waals surface area (Å²) >= 11 is 1.38. The van der Waals surface area contributed by atoms with Gasteiger partial charge in [0.25, 0.3) is 0 Å². The molecule has 0 saturated carbocycles. The van der Waals surface area contributed by atoms with Crippen LogP contribution in [0.5, 0.6) is 0 Å². The molecule has 0 spiro atoms. The van der Waals surface area contributed by atoms with Gasteiger partial charge >= 0.3 is 5.97 Å². The molecule has 1 fully saturated rings. The number of carbonyl (C=O) groups is 1. The summed E-state index contributed by atoms with van der Waals surface area (Å²) in [4.78, 5) is 9.84. The van der Waals surface area contributed by atoms with Crippen LogP contribution in [0.1, 0.15) is 12.8 Å². The Bertz CT molecular complexity index is 350. The van der Waals surface area contributed by atoms with Crippen LogP contribution in [0.2, 0.25) is 0 Å². The van der Waals surface area contributed by atoms with Crippen LogP contribution in [0.3, 0.4) is 0 Å². The van der Waals surface area contributed by atoms with Gasteiger partial charge < -0.3 is 15.5 Å². The van der Waals surface area contributed by atoms with E-state index in [4.69, 9.17) is 5.11 Å². The highest BCUT2D eigenvalue weighted by atomic mass is 32.2. The third-order valence-electron chi connectivity index (χ3n) is 3.10. The summed E-state index contributed by atoms with van der Waals surface area (Å²) in [6.45, 7) is 1.87. The standard InChI is InChI=1S/C12H17NO3S/c14-11(15)10-3-1-2-6-12(10,16)17-9-4-7-13-8-5-9/h1-3,6,9-10,13,16H,4-5,7-8H2,(H,14,15). The molecule has 2 unspecified atom stereocenters. The number of rotatable bonds is 3. The fourth-order valence-corrected chi connectivity index (χ4v) is 3.65. The first kappa shape index (κ1) is 12.7. The van der Waals surface area contributed by atoms with E-state index in [9.17, 15) is 9.90 Å². The fraction of sp³-hybridized carbons (Fsp3) is 0.583. The number of aliphatic carboxylic acids is 1. The second-order valence-corrected chi connectivity index (χ2v) is 5.94. The van der Waals surface area contributed by atoms with Crippen molar-refractivity contribution in [3.05, 3.63) is 24.3 Å². The maximum atomic E-state index is 11.1. The molecule has 5 heteroatoms. The van der Waals surface area contributed by atoms with E-state index in [0.717, 1.165) is 25.9 Å². The van der Waals surface area contributed by atoms with Crippen LogP contribution < -0.4 is 5.32 Å². The molecule has 2 atom stereocenters. The second-order valence-electron chi connectivity index (χ2n) is 4.38. The van der Waals surface area contributed by atoms with Crippen molar-refractivity contribution in [1.29, 1.82) is 0 Å². The monoisotopic (exact) mass is 255 g/mol. The van der Waals surface area contributed by atoms with Crippen molar-refractivity contribution in [2.24, 2.45) is 5.92 Å². The molecule has 3 N–H and O–H groups in total. The summed E-state index contributed by atoms with van der Waals surface area (Å²) in [5, 5.41) is 23.2. The molecular weight excluding hydrogens is 238 g/mol. The van der Waals surface area contributed by atoms with E-state index in [0.29, 0.717) is 5.25 Å². The van der Waals surface area contributed by atoms with Crippen LogP contribution in [-0.2, 0) is 4.79 Å². The molecule has 17 heavy (non-hydrogen) atoms. The largest absolute Gasteiger partial charge is 0.481 e. The zero-order chi connectivity index (χ0) is 12.3. The molecule has 0 aromatic rings. The van der Waals surface area contributed by atoms with E-state index in [1.54, 1.807) is 24.3 Å². The van der Waals surface area contributed by atoms with Gasteiger partial charge in [0.2, 0.25) is 0 Å². The Morgan fingerprint density at radius 1 is 1.35 bits per heavy atom. The van der Waals surface area contributed by atoms with Gasteiger partial charge in [-0.05, 0) is 32.0 Å². The van der Waals surface area contributed by atoms with Gasteiger partial charge in [0.15, 0.2) is 0 Å². The first-order chi connectivity index (χ1) is 8.12. The van der Waals surface area contributed by atoms with Gasteiger partial charge in [-0.3, -0.25) is 4.79 Å². The molecule has 0 amide bonds.